The molecule has 0 aromatic carbocycles. The summed E-state index contributed by atoms with van der Waals surface area (Å²) in [5.74, 6) is -0.725. The molecule has 0 heterocycles. The van der Waals surface area contributed by atoms with E-state index in [1.54, 1.807) is 13.8 Å². The monoisotopic (exact) mass is 261 g/mol. The van der Waals surface area contributed by atoms with Gasteiger partial charge in [-0.3, -0.25) is 9.59 Å². The SMILES string of the molecule is CC(C)[C@H](NC(=O)[C@@H](N)CS)C(=O)NCC=O. The fourth-order valence-corrected chi connectivity index (χ4v) is 1.30. The molecule has 0 bridgehead atoms. The van der Waals surface area contributed by atoms with Crippen molar-refractivity contribution < 1.29 is 14.4 Å². The summed E-state index contributed by atoms with van der Waals surface area (Å²) in [5, 5.41) is 4.93. The molecule has 2 amide bonds. The van der Waals surface area contributed by atoms with E-state index in [1.165, 1.54) is 0 Å². The summed E-state index contributed by atoms with van der Waals surface area (Å²) in [6.45, 7) is 3.51. The van der Waals surface area contributed by atoms with Crippen molar-refractivity contribution >= 4 is 30.7 Å². The molecule has 0 saturated carbocycles. The van der Waals surface area contributed by atoms with Crippen LogP contribution in [-0.4, -0.2) is 42.5 Å². The van der Waals surface area contributed by atoms with Gasteiger partial charge in [0.2, 0.25) is 11.8 Å². The van der Waals surface area contributed by atoms with E-state index in [0.29, 0.717) is 6.29 Å². The molecule has 7 heteroatoms. The summed E-state index contributed by atoms with van der Waals surface area (Å²) in [7, 11) is 0. The van der Waals surface area contributed by atoms with Crippen LogP contribution in [0.15, 0.2) is 0 Å². The lowest BCUT2D eigenvalue weighted by atomic mass is 10.0. The predicted octanol–water partition coefficient (Wildman–Crippen LogP) is -1.30. The zero-order chi connectivity index (χ0) is 13.4. The van der Waals surface area contributed by atoms with Crippen molar-refractivity contribution in [3.8, 4) is 0 Å². The summed E-state index contributed by atoms with van der Waals surface area (Å²) in [6, 6.07) is -1.45. The lowest BCUT2D eigenvalue weighted by Crippen LogP contribution is -2.54. The molecule has 0 aliphatic heterocycles. The van der Waals surface area contributed by atoms with Gasteiger partial charge < -0.3 is 21.2 Å². The highest BCUT2D eigenvalue weighted by Gasteiger charge is 2.25. The van der Waals surface area contributed by atoms with Crippen LogP contribution >= 0.6 is 12.6 Å². The summed E-state index contributed by atoms with van der Waals surface area (Å²) in [5.41, 5.74) is 5.49. The van der Waals surface area contributed by atoms with Crippen LogP contribution in [-0.2, 0) is 14.4 Å². The van der Waals surface area contributed by atoms with Crippen molar-refractivity contribution in [3.63, 3.8) is 0 Å². The van der Waals surface area contributed by atoms with E-state index >= 15 is 0 Å². The topological polar surface area (TPSA) is 101 Å². The average Bonchev–Trinajstić information content (AvgIpc) is 2.30. The van der Waals surface area contributed by atoms with Crippen LogP contribution in [0.3, 0.4) is 0 Å². The van der Waals surface area contributed by atoms with E-state index < -0.39 is 23.9 Å². The molecule has 98 valence electrons. The number of carbonyl (C=O) groups is 3. The van der Waals surface area contributed by atoms with E-state index in [0.717, 1.165) is 0 Å². The summed E-state index contributed by atoms with van der Waals surface area (Å²) in [6.07, 6.45) is 0.580. The van der Waals surface area contributed by atoms with Crippen molar-refractivity contribution in [1.29, 1.82) is 0 Å². The third kappa shape index (κ3) is 5.69. The number of carbonyl (C=O) groups excluding carboxylic acids is 3. The maximum Gasteiger partial charge on any atom is 0.243 e. The molecule has 0 saturated heterocycles. The molecule has 17 heavy (non-hydrogen) atoms. The van der Waals surface area contributed by atoms with Crippen LogP contribution in [0.2, 0.25) is 0 Å². The van der Waals surface area contributed by atoms with Gasteiger partial charge in [0, 0.05) is 5.75 Å². The summed E-state index contributed by atoms with van der Waals surface area (Å²) < 4.78 is 0. The third-order valence-corrected chi connectivity index (χ3v) is 2.53. The zero-order valence-electron chi connectivity index (χ0n) is 9.97. The Morgan fingerprint density at radius 2 is 1.94 bits per heavy atom. The molecule has 0 fully saturated rings. The number of thiol groups is 1. The van der Waals surface area contributed by atoms with E-state index in [4.69, 9.17) is 5.73 Å². The second-order valence-corrected chi connectivity index (χ2v) is 4.30. The van der Waals surface area contributed by atoms with E-state index in [1.807, 2.05) is 0 Å². The van der Waals surface area contributed by atoms with Crippen molar-refractivity contribution in [2.75, 3.05) is 12.3 Å². The highest BCUT2D eigenvalue weighted by Crippen LogP contribution is 2.02. The molecule has 0 radical (unpaired) electrons. The van der Waals surface area contributed by atoms with Crippen molar-refractivity contribution in [2.24, 2.45) is 11.7 Å². The van der Waals surface area contributed by atoms with Gasteiger partial charge in [-0.1, -0.05) is 13.8 Å². The minimum Gasteiger partial charge on any atom is -0.348 e. The maximum atomic E-state index is 11.6. The van der Waals surface area contributed by atoms with Crippen LogP contribution in [0, 0.1) is 5.92 Å². The molecule has 0 aliphatic rings. The average molecular weight is 261 g/mol. The Kier molecular flexibility index (Phi) is 7.56. The molecule has 0 rings (SSSR count). The largest absolute Gasteiger partial charge is 0.348 e. The Morgan fingerprint density at radius 3 is 2.35 bits per heavy atom. The van der Waals surface area contributed by atoms with E-state index in [9.17, 15) is 14.4 Å². The number of aldehydes is 1. The standard InChI is InChI=1S/C10H19N3O3S/c1-6(2)8(10(16)12-3-4-14)13-9(15)7(11)5-17/h4,6-8,17H,3,5,11H2,1-2H3,(H,12,16)(H,13,15)/t7-,8-/m0/s1. The fraction of sp³-hybridized carbons (Fsp3) is 0.700. The van der Waals surface area contributed by atoms with Crippen molar-refractivity contribution in [1.82, 2.24) is 10.6 Å². The first-order valence-electron chi connectivity index (χ1n) is 5.32. The molecule has 4 N–H and O–H groups in total. The summed E-state index contributed by atoms with van der Waals surface area (Å²) >= 11 is 3.90. The van der Waals surface area contributed by atoms with Gasteiger partial charge in [-0.15, -0.1) is 0 Å². The lowest BCUT2D eigenvalue weighted by molar-refractivity contribution is -0.130. The number of nitrogens with two attached hydrogens (primary N) is 1. The molecular weight excluding hydrogens is 242 g/mol. The molecule has 0 aromatic heterocycles. The number of hydrogen-bond donors (Lipinski definition) is 4. The first-order valence-corrected chi connectivity index (χ1v) is 5.95. The Hall–Kier alpha value is -1.08. The maximum absolute atomic E-state index is 11.6. The molecule has 0 aliphatic carbocycles. The van der Waals surface area contributed by atoms with E-state index in [-0.39, 0.29) is 18.2 Å². The Bertz CT molecular complexity index is 284. The summed E-state index contributed by atoms with van der Waals surface area (Å²) in [4.78, 5) is 33.3. The quantitative estimate of drug-likeness (QED) is 0.338. The highest BCUT2D eigenvalue weighted by molar-refractivity contribution is 7.80. The third-order valence-electron chi connectivity index (χ3n) is 2.14. The number of hydrogen-bond acceptors (Lipinski definition) is 5. The van der Waals surface area contributed by atoms with Gasteiger partial charge in [0.25, 0.3) is 0 Å². The van der Waals surface area contributed by atoms with Crippen LogP contribution in [0.1, 0.15) is 13.8 Å². The lowest BCUT2D eigenvalue weighted by Gasteiger charge is -2.22. The van der Waals surface area contributed by atoms with Gasteiger partial charge in [-0.25, -0.2) is 0 Å². The molecular formula is C10H19N3O3S. The number of nitrogens with one attached hydrogen (secondary N) is 2. The van der Waals surface area contributed by atoms with Gasteiger partial charge >= 0.3 is 0 Å². The normalized spacial score (nSPS) is 13.9. The molecule has 0 unspecified atom stereocenters. The number of amides is 2. The van der Waals surface area contributed by atoms with Crippen molar-refractivity contribution in [3.05, 3.63) is 0 Å². The highest BCUT2D eigenvalue weighted by atomic mass is 32.1. The Balaban J connectivity index is 4.48. The molecule has 6 nitrogen and oxygen atoms in total. The first kappa shape index (κ1) is 15.9. The van der Waals surface area contributed by atoms with Crippen LogP contribution < -0.4 is 16.4 Å². The first-order chi connectivity index (χ1) is 7.93. The Morgan fingerprint density at radius 1 is 1.35 bits per heavy atom. The van der Waals surface area contributed by atoms with Crippen molar-refractivity contribution in [2.45, 2.75) is 25.9 Å². The molecule has 0 aromatic rings. The number of rotatable bonds is 7. The van der Waals surface area contributed by atoms with Gasteiger partial charge in [-0.2, -0.15) is 12.6 Å². The second-order valence-electron chi connectivity index (χ2n) is 3.93. The van der Waals surface area contributed by atoms with Crippen LogP contribution in [0.5, 0.6) is 0 Å². The van der Waals surface area contributed by atoms with E-state index in [2.05, 4.69) is 23.3 Å². The van der Waals surface area contributed by atoms with Gasteiger partial charge in [0.15, 0.2) is 0 Å². The molecule has 2 atom stereocenters. The van der Waals surface area contributed by atoms with Gasteiger partial charge in [0.1, 0.15) is 12.3 Å². The fourth-order valence-electron chi connectivity index (χ4n) is 1.13. The smallest absolute Gasteiger partial charge is 0.243 e. The predicted molar refractivity (Wildman–Crippen MR) is 67.7 cm³/mol. The second kappa shape index (κ2) is 8.08. The molecule has 0 spiro atoms. The zero-order valence-corrected chi connectivity index (χ0v) is 10.9. The van der Waals surface area contributed by atoms with Crippen LogP contribution in [0.25, 0.3) is 0 Å². The Labute approximate surface area is 106 Å². The minimum atomic E-state index is -0.751. The van der Waals surface area contributed by atoms with Gasteiger partial charge in [0.05, 0.1) is 12.6 Å². The van der Waals surface area contributed by atoms with Crippen LogP contribution in [0.4, 0.5) is 0 Å². The van der Waals surface area contributed by atoms with Gasteiger partial charge in [-0.05, 0) is 5.92 Å². The minimum absolute atomic E-state index is 0.0729.